The molecule has 6 nitrogen and oxygen atoms in total. The van der Waals surface area contributed by atoms with Gasteiger partial charge in [0.1, 0.15) is 6.61 Å². The summed E-state index contributed by atoms with van der Waals surface area (Å²) in [5.74, 6) is 0.182. The van der Waals surface area contributed by atoms with Gasteiger partial charge in [-0.3, -0.25) is 9.59 Å². The van der Waals surface area contributed by atoms with E-state index in [-0.39, 0.29) is 18.4 Å². The van der Waals surface area contributed by atoms with Crippen LogP contribution in [0.3, 0.4) is 0 Å². The van der Waals surface area contributed by atoms with Crippen LogP contribution in [0.2, 0.25) is 0 Å². The average molecular weight is 359 g/mol. The van der Waals surface area contributed by atoms with Crippen LogP contribution in [-0.2, 0) is 14.3 Å². The topological polar surface area (TPSA) is 70.7 Å². The molecule has 2 aliphatic rings. The van der Waals surface area contributed by atoms with Crippen molar-refractivity contribution in [3.8, 4) is 0 Å². The summed E-state index contributed by atoms with van der Waals surface area (Å²) in [5, 5.41) is 5.94. The lowest BCUT2D eigenvalue weighted by Gasteiger charge is -2.34. The third-order valence-corrected chi connectivity index (χ3v) is 5.24. The molecule has 0 spiro atoms. The highest BCUT2D eigenvalue weighted by atomic mass is 16.5. The molecule has 0 aliphatic carbocycles. The van der Waals surface area contributed by atoms with Crippen LogP contribution in [0.25, 0.3) is 0 Å². The zero-order valence-corrected chi connectivity index (χ0v) is 15.4. The first-order chi connectivity index (χ1) is 12.7. The summed E-state index contributed by atoms with van der Waals surface area (Å²) in [6, 6.07) is 9.08. The van der Waals surface area contributed by atoms with Gasteiger partial charge in [0.05, 0.1) is 6.04 Å². The Labute approximate surface area is 155 Å². The van der Waals surface area contributed by atoms with Crippen LogP contribution in [-0.4, -0.2) is 55.6 Å². The van der Waals surface area contributed by atoms with Crippen LogP contribution < -0.4 is 10.6 Å². The third kappa shape index (κ3) is 4.83. The lowest BCUT2D eigenvalue weighted by Crippen LogP contribution is -2.53. The van der Waals surface area contributed by atoms with E-state index in [9.17, 15) is 9.59 Å². The molecule has 142 valence electrons. The first kappa shape index (κ1) is 18.9. The zero-order valence-electron chi connectivity index (χ0n) is 15.4. The molecule has 2 N–H and O–H groups in total. The van der Waals surface area contributed by atoms with Gasteiger partial charge >= 0.3 is 0 Å². The molecule has 26 heavy (non-hydrogen) atoms. The highest BCUT2D eigenvalue weighted by molar-refractivity contribution is 5.86. The largest absolute Gasteiger partial charge is 0.356 e. The number of rotatable bonds is 6. The summed E-state index contributed by atoms with van der Waals surface area (Å²) in [4.78, 5) is 26.9. The molecular weight excluding hydrogens is 330 g/mol. The Bertz CT molecular complexity index is 600. The number of morpholine rings is 1. The second kappa shape index (κ2) is 9.14. The molecule has 1 aromatic rings. The van der Waals surface area contributed by atoms with Crippen molar-refractivity contribution in [1.29, 1.82) is 0 Å². The molecule has 0 aromatic heterocycles. The van der Waals surface area contributed by atoms with E-state index in [1.54, 1.807) is 0 Å². The quantitative estimate of drug-likeness (QED) is 0.807. The van der Waals surface area contributed by atoms with E-state index < -0.39 is 12.1 Å². The molecule has 2 fully saturated rings. The van der Waals surface area contributed by atoms with Gasteiger partial charge in [0.15, 0.2) is 6.10 Å². The molecule has 0 radical (unpaired) electrons. The molecule has 6 heteroatoms. The SMILES string of the molecule is CCCN1CCC(CNC(=O)[C@H]2OCC(=O)N[C@@H]2c2ccccc2)CC1. The standard InChI is InChI=1S/C20H29N3O3/c1-2-10-23-11-8-15(9-12-23)13-21-20(25)19-18(22-17(24)14-26-19)16-6-4-3-5-7-16/h3-7,15,18-19H,2,8-14H2,1H3,(H,21,25)(H,22,24)/t18-,19+/m1/s1. The lowest BCUT2D eigenvalue weighted by atomic mass is 9.95. The van der Waals surface area contributed by atoms with Gasteiger partial charge in [0.25, 0.3) is 5.91 Å². The first-order valence-corrected chi connectivity index (χ1v) is 9.63. The summed E-state index contributed by atoms with van der Waals surface area (Å²) < 4.78 is 5.58. The van der Waals surface area contributed by atoms with Gasteiger partial charge < -0.3 is 20.3 Å². The number of nitrogens with one attached hydrogen (secondary N) is 2. The Morgan fingerprint density at radius 1 is 1.27 bits per heavy atom. The highest BCUT2D eigenvalue weighted by Gasteiger charge is 2.36. The summed E-state index contributed by atoms with van der Waals surface area (Å²) in [6.07, 6.45) is 2.73. The molecule has 3 rings (SSSR count). The van der Waals surface area contributed by atoms with Crippen LogP contribution in [0, 0.1) is 5.92 Å². The second-order valence-corrected chi connectivity index (χ2v) is 7.22. The molecule has 0 bridgehead atoms. The van der Waals surface area contributed by atoms with Crippen molar-refractivity contribution in [2.75, 3.05) is 32.8 Å². The van der Waals surface area contributed by atoms with Gasteiger partial charge in [-0.2, -0.15) is 0 Å². The maximum atomic E-state index is 12.7. The van der Waals surface area contributed by atoms with Gasteiger partial charge in [-0.05, 0) is 50.4 Å². The number of nitrogens with zero attached hydrogens (tertiary/aromatic N) is 1. The van der Waals surface area contributed by atoms with Crippen LogP contribution in [0.1, 0.15) is 37.8 Å². The fourth-order valence-corrected chi connectivity index (χ4v) is 3.77. The highest BCUT2D eigenvalue weighted by Crippen LogP contribution is 2.23. The predicted molar refractivity (Wildman–Crippen MR) is 99.5 cm³/mol. The molecular formula is C20H29N3O3. The van der Waals surface area contributed by atoms with Crippen molar-refractivity contribution in [2.24, 2.45) is 5.92 Å². The summed E-state index contributed by atoms with van der Waals surface area (Å²) in [5.41, 5.74) is 0.883. The molecule has 0 unspecified atom stereocenters. The summed E-state index contributed by atoms with van der Waals surface area (Å²) >= 11 is 0. The molecule has 1 aromatic carbocycles. The second-order valence-electron chi connectivity index (χ2n) is 7.22. The van der Waals surface area contributed by atoms with Gasteiger partial charge in [-0.1, -0.05) is 37.3 Å². The lowest BCUT2D eigenvalue weighted by molar-refractivity contribution is -0.148. The number of piperidine rings is 1. The normalized spacial score (nSPS) is 24.9. The Balaban J connectivity index is 1.53. The average Bonchev–Trinajstić information content (AvgIpc) is 2.68. The number of ether oxygens (including phenoxy) is 1. The minimum atomic E-state index is -0.685. The third-order valence-electron chi connectivity index (χ3n) is 5.24. The van der Waals surface area contributed by atoms with E-state index >= 15 is 0 Å². The molecule has 2 heterocycles. The van der Waals surface area contributed by atoms with Crippen LogP contribution in [0.5, 0.6) is 0 Å². The minimum absolute atomic E-state index is 0.0726. The van der Waals surface area contributed by atoms with Crippen molar-refractivity contribution >= 4 is 11.8 Å². The van der Waals surface area contributed by atoms with E-state index in [4.69, 9.17) is 4.74 Å². The summed E-state index contributed by atoms with van der Waals surface area (Å²) in [6.45, 7) is 6.19. The van der Waals surface area contributed by atoms with E-state index in [0.717, 1.165) is 38.0 Å². The molecule has 2 saturated heterocycles. The van der Waals surface area contributed by atoms with E-state index in [1.807, 2.05) is 30.3 Å². The van der Waals surface area contributed by atoms with Crippen molar-refractivity contribution in [3.05, 3.63) is 35.9 Å². The smallest absolute Gasteiger partial charge is 0.251 e. The number of hydrogen-bond donors (Lipinski definition) is 2. The Morgan fingerprint density at radius 2 is 2.00 bits per heavy atom. The number of carbonyl (C=O) groups excluding carboxylic acids is 2. The molecule has 2 aliphatic heterocycles. The predicted octanol–water partition coefficient (Wildman–Crippen LogP) is 1.48. The number of carbonyl (C=O) groups is 2. The van der Waals surface area contributed by atoms with Crippen LogP contribution in [0.15, 0.2) is 30.3 Å². The number of hydrogen-bond acceptors (Lipinski definition) is 4. The fourth-order valence-electron chi connectivity index (χ4n) is 3.77. The molecule has 2 amide bonds. The van der Waals surface area contributed by atoms with E-state index in [0.29, 0.717) is 12.5 Å². The van der Waals surface area contributed by atoms with Crippen LogP contribution >= 0.6 is 0 Å². The van der Waals surface area contributed by atoms with Crippen molar-refractivity contribution in [1.82, 2.24) is 15.5 Å². The Morgan fingerprint density at radius 3 is 2.69 bits per heavy atom. The monoisotopic (exact) mass is 359 g/mol. The van der Waals surface area contributed by atoms with Crippen molar-refractivity contribution < 1.29 is 14.3 Å². The maximum Gasteiger partial charge on any atom is 0.251 e. The fraction of sp³-hybridized carbons (Fsp3) is 0.600. The minimum Gasteiger partial charge on any atom is -0.356 e. The number of benzene rings is 1. The number of amides is 2. The van der Waals surface area contributed by atoms with Crippen molar-refractivity contribution in [3.63, 3.8) is 0 Å². The first-order valence-electron chi connectivity index (χ1n) is 9.63. The van der Waals surface area contributed by atoms with Gasteiger partial charge in [0, 0.05) is 6.54 Å². The zero-order chi connectivity index (χ0) is 18.4. The Hall–Kier alpha value is -1.92. The van der Waals surface area contributed by atoms with Gasteiger partial charge in [0.2, 0.25) is 5.91 Å². The molecule has 0 saturated carbocycles. The van der Waals surface area contributed by atoms with Gasteiger partial charge in [-0.25, -0.2) is 0 Å². The number of likely N-dealkylation sites (tertiary alicyclic amines) is 1. The van der Waals surface area contributed by atoms with Crippen molar-refractivity contribution in [2.45, 2.75) is 38.3 Å². The van der Waals surface area contributed by atoms with Crippen LogP contribution in [0.4, 0.5) is 0 Å². The van der Waals surface area contributed by atoms with Gasteiger partial charge in [-0.15, -0.1) is 0 Å². The molecule has 2 atom stereocenters. The maximum absolute atomic E-state index is 12.7. The van der Waals surface area contributed by atoms with E-state index in [1.165, 1.54) is 6.42 Å². The summed E-state index contributed by atoms with van der Waals surface area (Å²) in [7, 11) is 0. The van der Waals surface area contributed by atoms with E-state index in [2.05, 4.69) is 22.5 Å². The Kier molecular flexibility index (Phi) is 6.63.